The minimum atomic E-state index is -0.463. The predicted octanol–water partition coefficient (Wildman–Crippen LogP) is 5.66. The molecule has 2 heterocycles. The van der Waals surface area contributed by atoms with Gasteiger partial charge < -0.3 is 4.42 Å². The molecule has 0 saturated carbocycles. The van der Waals surface area contributed by atoms with Crippen LogP contribution in [0.5, 0.6) is 0 Å². The second-order valence-electron chi connectivity index (χ2n) is 6.98. The van der Waals surface area contributed by atoms with Gasteiger partial charge in [-0.05, 0) is 61.1 Å². The quantitative estimate of drug-likeness (QED) is 0.260. The maximum atomic E-state index is 13.3. The first-order valence-corrected chi connectivity index (χ1v) is 11.0. The van der Waals surface area contributed by atoms with Crippen LogP contribution in [-0.4, -0.2) is 28.4 Å². The van der Waals surface area contributed by atoms with Gasteiger partial charge in [-0.2, -0.15) is 0 Å². The first-order valence-electron chi connectivity index (χ1n) is 9.82. The highest BCUT2D eigenvalue weighted by Crippen LogP contribution is 2.28. The standard InChI is InChI=1S/C24H19BrN2O3S/c1-2-14-26-22(28)20(23(29)27(24(26)31)18-6-4-3-5-7-18)15-19-12-13-21(30-19)16-8-10-17(25)11-9-16/h3-13,15H,2,14H2,1H3/b20-15-. The summed E-state index contributed by atoms with van der Waals surface area (Å²) in [6.45, 7) is 2.38. The van der Waals surface area contributed by atoms with Gasteiger partial charge in [0.05, 0.1) is 5.69 Å². The molecular weight excluding hydrogens is 476 g/mol. The molecule has 4 rings (SSSR count). The van der Waals surface area contributed by atoms with E-state index in [1.165, 1.54) is 15.9 Å². The van der Waals surface area contributed by atoms with Crippen LogP contribution in [-0.2, 0) is 9.59 Å². The number of furan rings is 1. The zero-order valence-electron chi connectivity index (χ0n) is 16.7. The number of halogens is 1. The van der Waals surface area contributed by atoms with Gasteiger partial charge in [0.1, 0.15) is 17.1 Å². The monoisotopic (exact) mass is 494 g/mol. The lowest BCUT2D eigenvalue weighted by molar-refractivity contribution is -0.127. The van der Waals surface area contributed by atoms with Crippen LogP contribution in [0, 0.1) is 0 Å². The smallest absolute Gasteiger partial charge is 0.270 e. The third-order valence-corrected chi connectivity index (χ3v) is 5.77. The zero-order valence-corrected chi connectivity index (χ0v) is 19.2. The molecule has 1 aromatic heterocycles. The second kappa shape index (κ2) is 8.99. The Balaban J connectivity index is 1.72. The van der Waals surface area contributed by atoms with Crippen LogP contribution in [0.2, 0.25) is 0 Å². The van der Waals surface area contributed by atoms with Crippen LogP contribution in [0.15, 0.2) is 81.2 Å². The van der Waals surface area contributed by atoms with Crippen molar-refractivity contribution in [1.82, 2.24) is 4.90 Å². The lowest BCUT2D eigenvalue weighted by atomic mass is 10.1. The fourth-order valence-corrected chi connectivity index (χ4v) is 3.97. The number of hydrogen-bond acceptors (Lipinski definition) is 4. The van der Waals surface area contributed by atoms with Crippen LogP contribution in [0.4, 0.5) is 5.69 Å². The summed E-state index contributed by atoms with van der Waals surface area (Å²) in [6, 6.07) is 20.4. The average Bonchev–Trinajstić information content (AvgIpc) is 3.24. The first-order chi connectivity index (χ1) is 15.0. The van der Waals surface area contributed by atoms with E-state index in [-0.39, 0.29) is 10.7 Å². The molecule has 0 aliphatic carbocycles. The van der Waals surface area contributed by atoms with Crippen molar-refractivity contribution in [2.24, 2.45) is 0 Å². The summed E-state index contributed by atoms with van der Waals surface area (Å²) in [6.07, 6.45) is 2.21. The molecule has 0 bridgehead atoms. The Morgan fingerprint density at radius 1 is 0.968 bits per heavy atom. The summed E-state index contributed by atoms with van der Waals surface area (Å²) in [7, 11) is 0. The summed E-state index contributed by atoms with van der Waals surface area (Å²) in [4.78, 5) is 29.3. The number of para-hydroxylation sites is 1. The highest BCUT2D eigenvalue weighted by atomic mass is 79.9. The molecule has 0 atom stereocenters. The first kappa shape index (κ1) is 21.2. The van der Waals surface area contributed by atoms with Gasteiger partial charge in [-0.3, -0.25) is 19.4 Å². The van der Waals surface area contributed by atoms with Crippen molar-refractivity contribution in [3.8, 4) is 11.3 Å². The van der Waals surface area contributed by atoms with Crippen molar-refractivity contribution >= 4 is 56.8 Å². The summed E-state index contributed by atoms with van der Waals surface area (Å²) >= 11 is 8.92. The van der Waals surface area contributed by atoms with Gasteiger partial charge in [0.25, 0.3) is 11.8 Å². The number of carbonyl (C=O) groups excluding carboxylic acids is 2. The molecule has 2 aromatic carbocycles. The molecule has 2 amide bonds. The molecule has 1 fully saturated rings. The van der Waals surface area contributed by atoms with Crippen LogP contribution in [0.3, 0.4) is 0 Å². The normalized spacial score (nSPS) is 15.8. The number of rotatable bonds is 5. The Kier molecular flexibility index (Phi) is 6.15. The fourth-order valence-electron chi connectivity index (χ4n) is 3.34. The number of hydrogen-bond donors (Lipinski definition) is 0. The van der Waals surface area contributed by atoms with E-state index in [1.807, 2.05) is 55.5 Å². The third kappa shape index (κ3) is 4.24. The fraction of sp³-hybridized carbons (Fsp3) is 0.125. The van der Waals surface area contributed by atoms with Gasteiger partial charge in [-0.25, -0.2) is 0 Å². The average molecular weight is 495 g/mol. The van der Waals surface area contributed by atoms with Crippen LogP contribution < -0.4 is 4.90 Å². The molecule has 0 radical (unpaired) electrons. The van der Waals surface area contributed by atoms with Crippen LogP contribution in [0.1, 0.15) is 19.1 Å². The maximum Gasteiger partial charge on any atom is 0.270 e. The Bertz CT molecular complexity index is 1170. The molecule has 7 heteroatoms. The van der Waals surface area contributed by atoms with E-state index in [0.29, 0.717) is 30.2 Å². The maximum absolute atomic E-state index is 13.3. The van der Waals surface area contributed by atoms with Crippen molar-refractivity contribution in [2.75, 3.05) is 11.4 Å². The predicted molar refractivity (Wildman–Crippen MR) is 128 cm³/mol. The third-order valence-electron chi connectivity index (χ3n) is 4.83. The minimum Gasteiger partial charge on any atom is -0.457 e. The molecule has 1 aliphatic heterocycles. The molecule has 31 heavy (non-hydrogen) atoms. The highest BCUT2D eigenvalue weighted by molar-refractivity contribution is 9.10. The Hall–Kier alpha value is -3.03. The summed E-state index contributed by atoms with van der Waals surface area (Å²) in [5, 5.41) is 0.190. The van der Waals surface area contributed by atoms with E-state index in [2.05, 4.69) is 15.9 Å². The summed E-state index contributed by atoms with van der Waals surface area (Å²) in [5.74, 6) is 0.198. The molecule has 0 spiro atoms. The van der Waals surface area contributed by atoms with Crippen molar-refractivity contribution in [2.45, 2.75) is 13.3 Å². The Labute approximate surface area is 194 Å². The lowest BCUT2D eigenvalue weighted by Crippen LogP contribution is -2.56. The molecule has 3 aromatic rings. The minimum absolute atomic E-state index is 0.0163. The number of thiocarbonyl (C=S) groups is 1. The highest BCUT2D eigenvalue weighted by Gasteiger charge is 2.40. The number of carbonyl (C=O) groups is 2. The van der Waals surface area contributed by atoms with E-state index in [9.17, 15) is 9.59 Å². The number of nitrogens with zero attached hydrogens (tertiary/aromatic N) is 2. The second-order valence-corrected chi connectivity index (χ2v) is 8.26. The topological polar surface area (TPSA) is 53.8 Å². The van der Waals surface area contributed by atoms with Crippen molar-refractivity contribution < 1.29 is 14.0 Å². The Morgan fingerprint density at radius 2 is 1.68 bits per heavy atom. The van der Waals surface area contributed by atoms with E-state index >= 15 is 0 Å². The van der Waals surface area contributed by atoms with Gasteiger partial charge in [-0.15, -0.1) is 0 Å². The molecule has 0 unspecified atom stereocenters. The summed E-state index contributed by atoms with van der Waals surface area (Å²) in [5.41, 5.74) is 1.53. The van der Waals surface area contributed by atoms with Gasteiger partial charge in [0.2, 0.25) is 0 Å². The van der Waals surface area contributed by atoms with Gasteiger partial charge in [-0.1, -0.05) is 53.2 Å². The zero-order chi connectivity index (χ0) is 22.0. The molecular formula is C24H19BrN2O3S. The van der Waals surface area contributed by atoms with Gasteiger partial charge in [0, 0.05) is 16.6 Å². The van der Waals surface area contributed by atoms with Crippen molar-refractivity contribution in [3.05, 3.63) is 82.5 Å². The van der Waals surface area contributed by atoms with Gasteiger partial charge >= 0.3 is 0 Å². The molecule has 0 N–H and O–H groups in total. The summed E-state index contributed by atoms with van der Waals surface area (Å²) < 4.78 is 6.87. The molecule has 1 aliphatic rings. The van der Waals surface area contributed by atoms with Crippen LogP contribution >= 0.6 is 28.1 Å². The Morgan fingerprint density at radius 3 is 2.35 bits per heavy atom. The van der Waals surface area contributed by atoms with Crippen LogP contribution in [0.25, 0.3) is 17.4 Å². The van der Waals surface area contributed by atoms with E-state index in [0.717, 1.165) is 10.0 Å². The molecule has 1 saturated heterocycles. The van der Waals surface area contributed by atoms with E-state index in [4.69, 9.17) is 16.6 Å². The lowest BCUT2D eigenvalue weighted by Gasteiger charge is -2.36. The number of amides is 2. The van der Waals surface area contributed by atoms with Crippen molar-refractivity contribution in [3.63, 3.8) is 0 Å². The SMILES string of the molecule is CCCN1C(=O)/C(=C/c2ccc(-c3ccc(Br)cc3)o2)C(=O)N(c2ccccc2)C1=S. The largest absolute Gasteiger partial charge is 0.457 e. The van der Waals surface area contributed by atoms with E-state index < -0.39 is 11.8 Å². The number of anilines is 1. The number of benzene rings is 2. The van der Waals surface area contributed by atoms with Crippen molar-refractivity contribution in [1.29, 1.82) is 0 Å². The molecule has 5 nitrogen and oxygen atoms in total. The van der Waals surface area contributed by atoms with Gasteiger partial charge in [0.15, 0.2) is 5.11 Å². The van der Waals surface area contributed by atoms with E-state index in [1.54, 1.807) is 18.2 Å². The molecule has 156 valence electrons.